The molecule has 1 aromatic heterocycles. The first-order chi connectivity index (χ1) is 14.7. The molecule has 31 heavy (non-hydrogen) atoms. The van der Waals surface area contributed by atoms with Crippen molar-refractivity contribution in [2.45, 2.75) is 39.0 Å². The summed E-state index contributed by atoms with van der Waals surface area (Å²) in [6.07, 6.45) is 0.450. The van der Waals surface area contributed by atoms with Crippen LogP contribution in [-0.4, -0.2) is 22.6 Å². The number of carbonyl (C=O) groups is 2. The van der Waals surface area contributed by atoms with Crippen molar-refractivity contribution in [2.75, 3.05) is 16.4 Å². The summed E-state index contributed by atoms with van der Waals surface area (Å²) < 4.78 is 0. The van der Waals surface area contributed by atoms with Gasteiger partial charge in [0.1, 0.15) is 0 Å². The van der Waals surface area contributed by atoms with Gasteiger partial charge in [0.25, 0.3) is 0 Å². The molecular formula is C24H27N3O2S2. The van der Waals surface area contributed by atoms with Gasteiger partial charge in [-0.15, -0.1) is 23.1 Å². The number of nitrogens with zero attached hydrogens (tertiary/aromatic N) is 1. The predicted octanol–water partition coefficient (Wildman–Crippen LogP) is 6.22. The third-order valence-corrected chi connectivity index (χ3v) is 6.03. The summed E-state index contributed by atoms with van der Waals surface area (Å²) >= 11 is 2.83. The largest absolute Gasteiger partial charge is 0.326 e. The van der Waals surface area contributed by atoms with Gasteiger partial charge in [-0.25, -0.2) is 4.98 Å². The second kappa shape index (κ2) is 10.1. The van der Waals surface area contributed by atoms with Crippen molar-refractivity contribution in [3.8, 4) is 11.3 Å². The van der Waals surface area contributed by atoms with Crippen LogP contribution in [0.1, 0.15) is 32.8 Å². The molecule has 0 atom stereocenters. The molecule has 0 unspecified atom stereocenters. The minimum absolute atomic E-state index is 0.0134. The lowest BCUT2D eigenvalue weighted by atomic mass is 9.92. The van der Waals surface area contributed by atoms with E-state index in [9.17, 15) is 9.59 Å². The third kappa shape index (κ3) is 7.52. The van der Waals surface area contributed by atoms with E-state index in [4.69, 9.17) is 0 Å². The van der Waals surface area contributed by atoms with Gasteiger partial charge in [-0.1, -0.05) is 56.7 Å². The van der Waals surface area contributed by atoms with Gasteiger partial charge >= 0.3 is 0 Å². The molecular weight excluding hydrogens is 426 g/mol. The lowest BCUT2D eigenvalue weighted by Crippen LogP contribution is -2.19. The molecule has 162 valence electrons. The van der Waals surface area contributed by atoms with E-state index < -0.39 is 0 Å². The van der Waals surface area contributed by atoms with Crippen LogP contribution < -0.4 is 10.6 Å². The molecule has 2 aromatic carbocycles. The van der Waals surface area contributed by atoms with Gasteiger partial charge in [-0.05, 0) is 30.5 Å². The van der Waals surface area contributed by atoms with Crippen LogP contribution in [0.5, 0.6) is 0 Å². The predicted molar refractivity (Wildman–Crippen MR) is 131 cm³/mol. The van der Waals surface area contributed by atoms with Gasteiger partial charge in [0.05, 0.1) is 11.4 Å². The number of thioether (sulfide) groups is 1. The summed E-state index contributed by atoms with van der Waals surface area (Å²) in [5.41, 5.74) is 3.75. The number of amides is 2. The van der Waals surface area contributed by atoms with Crippen molar-refractivity contribution in [3.63, 3.8) is 0 Å². The molecule has 3 rings (SSSR count). The van der Waals surface area contributed by atoms with Crippen LogP contribution in [0, 0.1) is 12.3 Å². The molecule has 1 heterocycles. The lowest BCUT2D eigenvalue weighted by Gasteiger charge is -2.17. The maximum Gasteiger partial charge on any atom is 0.236 e. The van der Waals surface area contributed by atoms with Crippen LogP contribution in [0.25, 0.3) is 11.3 Å². The first-order valence-electron chi connectivity index (χ1n) is 10.0. The van der Waals surface area contributed by atoms with Crippen molar-refractivity contribution in [3.05, 3.63) is 59.5 Å². The van der Waals surface area contributed by atoms with Gasteiger partial charge in [0.2, 0.25) is 11.8 Å². The highest BCUT2D eigenvalue weighted by Crippen LogP contribution is 2.26. The molecule has 0 bridgehead atoms. The SMILES string of the molecule is Cc1ccc(-c2csc(NC(=O)CSc3cccc(NC(=O)CC(C)(C)C)c3)n2)cc1. The standard InChI is InChI=1S/C24H27N3O2S2/c1-16-8-10-17(11-9-16)20-14-31-23(26-20)27-22(29)15-30-19-7-5-6-18(12-19)25-21(28)13-24(2,3)4/h5-12,14H,13,15H2,1-4H3,(H,25,28)(H,26,27,29). The number of aromatic nitrogens is 1. The smallest absolute Gasteiger partial charge is 0.236 e. The van der Waals surface area contributed by atoms with Crippen molar-refractivity contribution < 1.29 is 9.59 Å². The second-order valence-electron chi connectivity index (χ2n) is 8.55. The molecule has 2 N–H and O–H groups in total. The fraction of sp³-hybridized carbons (Fsp3) is 0.292. The number of thiazole rings is 1. The number of aryl methyl sites for hydroxylation is 1. The molecule has 2 amide bonds. The monoisotopic (exact) mass is 453 g/mol. The summed E-state index contributed by atoms with van der Waals surface area (Å²) in [6.45, 7) is 8.14. The number of hydrogen-bond acceptors (Lipinski definition) is 5. The van der Waals surface area contributed by atoms with E-state index in [1.807, 2.05) is 81.6 Å². The molecule has 3 aromatic rings. The summed E-state index contributed by atoms with van der Waals surface area (Å²) in [5.74, 6) is 0.135. The van der Waals surface area contributed by atoms with Gasteiger partial charge < -0.3 is 10.6 Å². The van der Waals surface area contributed by atoms with E-state index >= 15 is 0 Å². The molecule has 0 fully saturated rings. The molecule has 0 saturated carbocycles. The van der Waals surface area contributed by atoms with Gasteiger partial charge in [-0.2, -0.15) is 0 Å². The van der Waals surface area contributed by atoms with Crippen molar-refractivity contribution >= 4 is 45.7 Å². The number of carbonyl (C=O) groups excluding carboxylic acids is 2. The maximum absolute atomic E-state index is 12.4. The van der Waals surface area contributed by atoms with Crippen LogP contribution in [0.4, 0.5) is 10.8 Å². The summed E-state index contributed by atoms with van der Waals surface area (Å²) in [4.78, 5) is 29.9. The van der Waals surface area contributed by atoms with Crippen LogP contribution in [-0.2, 0) is 9.59 Å². The maximum atomic E-state index is 12.4. The first kappa shape index (κ1) is 23.0. The average molecular weight is 454 g/mol. The molecule has 0 spiro atoms. The Kier molecular flexibility index (Phi) is 7.51. The van der Waals surface area contributed by atoms with Crippen LogP contribution >= 0.6 is 23.1 Å². The van der Waals surface area contributed by atoms with E-state index in [-0.39, 0.29) is 23.0 Å². The van der Waals surface area contributed by atoms with Gasteiger partial charge in [-0.3, -0.25) is 9.59 Å². The van der Waals surface area contributed by atoms with E-state index in [0.29, 0.717) is 11.6 Å². The van der Waals surface area contributed by atoms with Crippen LogP contribution in [0.3, 0.4) is 0 Å². The van der Waals surface area contributed by atoms with E-state index in [1.165, 1.54) is 28.7 Å². The van der Waals surface area contributed by atoms with Gasteiger partial charge in [0, 0.05) is 27.9 Å². The Morgan fingerprint density at radius 3 is 2.48 bits per heavy atom. The number of hydrogen-bond donors (Lipinski definition) is 2. The Labute approximate surface area is 191 Å². The minimum atomic E-state index is -0.114. The zero-order chi connectivity index (χ0) is 22.4. The van der Waals surface area contributed by atoms with E-state index in [2.05, 4.69) is 15.6 Å². The van der Waals surface area contributed by atoms with Crippen molar-refractivity contribution in [1.82, 2.24) is 4.98 Å². The highest BCUT2D eigenvalue weighted by atomic mass is 32.2. The number of benzene rings is 2. The van der Waals surface area contributed by atoms with Crippen molar-refractivity contribution in [2.24, 2.45) is 5.41 Å². The Morgan fingerprint density at radius 1 is 1.03 bits per heavy atom. The highest BCUT2D eigenvalue weighted by Gasteiger charge is 2.16. The fourth-order valence-electron chi connectivity index (χ4n) is 2.84. The Balaban J connectivity index is 1.52. The molecule has 0 saturated heterocycles. The summed E-state index contributed by atoms with van der Waals surface area (Å²) in [6, 6.07) is 15.7. The van der Waals surface area contributed by atoms with E-state index in [1.54, 1.807) is 0 Å². The summed E-state index contributed by atoms with van der Waals surface area (Å²) in [7, 11) is 0. The molecule has 0 aliphatic rings. The first-order valence-corrected chi connectivity index (χ1v) is 11.9. The second-order valence-corrected chi connectivity index (χ2v) is 10.5. The quantitative estimate of drug-likeness (QED) is 0.416. The van der Waals surface area contributed by atoms with Crippen molar-refractivity contribution in [1.29, 1.82) is 0 Å². The average Bonchev–Trinajstić information content (AvgIpc) is 3.14. The third-order valence-electron chi connectivity index (χ3n) is 4.28. The molecule has 0 radical (unpaired) electrons. The molecule has 7 heteroatoms. The molecule has 0 aliphatic carbocycles. The topological polar surface area (TPSA) is 71.1 Å². The van der Waals surface area contributed by atoms with Crippen LogP contribution in [0.2, 0.25) is 0 Å². The molecule has 0 aliphatic heterocycles. The summed E-state index contributed by atoms with van der Waals surface area (Å²) in [5, 5.41) is 8.32. The van der Waals surface area contributed by atoms with Gasteiger partial charge in [0.15, 0.2) is 5.13 Å². The zero-order valence-corrected chi connectivity index (χ0v) is 19.8. The number of nitrogens with one attached hydrogen (secondary N) is 2. The van der Waals surface area contributed by atoms with E-state index in [0.717, 1.165) is 21.8 Å². The zero-order valence-electron chi connectivity index (χ0n) is 18.2. The fourth-order valence-corrected chi connectivity index (χ4v) is 4.33. The number of anilines is 2. The van der Waals surface area contributed by atoms with Crippen LogP contribution in [0.15, 0.2) is 58.8 Å². The Morgan fingerprint density at radius 2 is 1.77 bits per heavy atom. The Hall–Kier alpha value is -2.64. The highest BCUT2D eigenvalue weighted by molar-refractivity contribution is 8.00. The number of rotatable bonds is 7. The normalized spacial score (nSPS) is 11.2. The Bertz CT molecular complexity index is 1050. The molecule has 5 nitrogen and oxygen atoms in total. The lowest BCUT2D eigenvalue weighted by molar-refractivity contribution is -0.118. The minimum Gasteiger partial charge on any atom is -0.326 e.